The van der Waals surface area contributed by atoms with E-state index in [9.17, 15) is 17.2 Å². The standard InChI is InChI=1S/C10H12F2N2O2S/c11-6-3-8(12)10(13)9(4-6)14-7-1-2-17(15,16)5-7/h3-4,7,14H,1-2,5,13H2. The van der Waals surface area contributed by atoms with E-state index in [1.807, 2.05) is 0 Å². The van der Waals surface area contributed by atoms with Gasteiger partial charge in [-0.3, -0.25) is 0 Å². The van der Waals surface area contributed by atoms with Crippen LogP contribution in [0.5, 0.6) is 0 Å². The third kappa shape index (κ3) is 2.66. The molecule has 3 N–H and O–H groups in total. The molecule has 1 fully saturated rings. The van der Waals surface area contributed by atoms with Crippen LogP contribution in [0, 0.1) is 11.6 Å². The fourth-order valence-corrected chi connectivity index (χ4v) is 3.51. The highest BCUT2D eigenvalue weighted by atomic mass is 32.2. The number of nitrogens with two attached hydrogens (primary N) is 1. The minimum atomic E-state index is -3.04. The van der Waals surface area contributed by atoms with E-state index in [-0.39, 0.29) is 28.9 Å². The molecule has 1 atom stereocenters. The molecule has 7 heteroatoms. The zero-order valence-corrected chi connectivity index (χ0v) is 9.73. The molecule has 2 rings (SSSR count). The number of benzene rings is 1. The molecular weight excluding hydrogens is 250 g/mol. The van der Waals surface area contributed by atoms with Gasteiger partial charge in [0.25, 0.3) is 0 Å². The van der Waals surface area contributed by atoms with Gasteiger partial charge in [-0.15, -0.1) is 0 Å². The van der Waals surface area contributed by atoms with E-state index in [0.717, 1.165) is 6.07 Å². The Morgan fingerprint density at radius 3 is 2.65 bits per heavy atom. The van der Waals surface area contributed by atoms with Gasteiger partial charge in [0.2, 0.25) is 0 Å². The van der Waals surface area contributed by atoms with E-state index in [1.165, 1.54) is 0 Å². The third-order valence-corrected chi connectivity index (χ3v) is 4.45. The van der Waals surface area contributed by atoms with E-state index >= 15 is 0 Å². The van der Waals surface area contributed by atoms with Gasteiger partial charge in [-0.25, -0.2) is 17.2 Å². The van der Waals surface area contributed by atoms with Crippen molar-refractivity contribution in [2.24, 2.45) is 0 Å². The van der Waals surface area contributed by atoms with Crippen molar-refractivity contribution in [2.75, 3.05) is 22.6 Å². The first kappa shape index (κ1) is 12.1. The second kappa shape index (κ2) is 4.14. The van der Waals surface area contributed by atoms with Crippen LogP contribution < -0.4 is 11.1 Å². The first-order valence-electron chi connectivity index (χ1n) is 5.09. The predicted octanol–water partition coefficient (Wildman–Crippen LogP) is 1.15. The number of nitrogens with one attached hydrogen (secondary N) is 1. The molecule has 0 aliphatic carbocycles. The normalized spacial score (nSPS) is 22.6. The summed E-state index contributed by atoms with van der Waals surface area (Å²) in [6, 6.07) is 1.40. The van der Waals surface area contributed by atoms with Gasteiger partial charge < -0.3 is 11.1 Å². The molecule has 0 aromatic heterocycles. The summed E-state index contributed by atoms with van der Waals surface area (Å²) in [5, 5.41) is 2.76. The fourth-order valence-electron chi connectivity index (χ4n) is 1.83. The molecule has 1 heterocycles. The lowest BCUT2D eigenvalue weighted by molar-refractivity contribution is 0.586. The van der Waals surface area contributed by atoms with E-state index in [1.54, 1.807) is 0 Å². The average Bonchev–Trinajstić information content (AvgIpc) is 2.54. The first-order chi connectivity index (χ1) is 7.87. The number of anilines is 2. The van der Waals surface area contributed by atoms with Crippen LogP contribution >= 0.6 is 0 Å². The topological polar surface area (TPSA) is 72.2 Å². The van der Waals surface area contributed by atoms with Crippen molar-refractivity contribution in [2.45, 2.75) is 12.5 Å². The smallest absolute Gasteiger partial charge is 0.152 e. The predicted molar refractivity (Wildman–Crippen MR) is 61.5 cm³/mol. The Balaban J connectivity index is 2.20. The van der Waals surface area contributed by atoms with Crippen molar-refractivity contribution in [3.05, 3.63) is 23.8 Å². The van der Waals surface area contributed by atoms with E-state index < -0.39 is 21.5 Å². The fraction of sp³-hybridized carbons (Fsp3) is 0.400. The van der Waals surface area contributed by atoms with Gasteiger partial charge >= 0.3 is 0 Å². The van der Waals surface area contributed by atoms with Gasteiger partial charge in [0.15, 0.2) is 15.7 Å². The maximum Gasteiger partial charge on any atom is 0.152 e. The molecule has 0 spiro atoms. The van der Waals surface area contributed by atoms with Crippen molar-refractivity contribution >= 4 is 21.2 Å². The van der Waals surface area contributed by atoms with Gasteiger partial charge in [0.05, 0.1) is 22.9 Å². The Kier molecular flexibility index (Phi) is 2.94. The zero-order chi connectivity index (χ0) is 12.6. The molecular formula is C10H12F2N2O2S. The minimum absolute atomic E-state index is 0.0371. The number of rotatable bonds is 2. The minimum Gasteiger partial charge on any atom is -0.395 e. The maximum absolute atomic E-state index is 13.1. The number of nitrogen functional groups attached to an aromatic ring is 1. The Morgan fingerprint density at radius 2 is 2.06 bits per heavy atom. The molecule has 1 aromatic carbocycles. The van der Waals surface area contributed by atoms with Crippen molar-refractivity contribution in [1.29, 1.82) is 0 Å². The molecule has 0 radical (unpaired) electrons. The lowest BCUT2D eigenvalue weighted by Gasteiger charge is -2.14. The second-order valence-corrected chi connectivity index (χ2v) is 6.32. The molecule has 17 heavy (non-hydrogen) atoms. The van der Waals surface area contributed by atoms with Crippen LogP contribution in [-0.2, 0) is 9.84 Å². The lowest BCUT2D eigenvalue weighted by atomic mass is 10.2. The lowest BCUT2D eigenvalue weighted by Crippen LogP contribution is -2.21. The molecule has 0 bridgehead atoms. The molecule has 1 aliphatic rings. The van der Waals surface area contributed by atoms with Crippen molar-refractivity contribution < 1.29 is 17.2 Å². The number of halogens is 2. The summed E-state index contributed by atoms with van der Waals surface area (Å²) in [6.45, 7) is 0. The highest BCUT2D eigenvalue weighted by Gasteiger charge is 2.28. The quantitative estimate of drug-likeness (QED) is 0.784. The van der Waals surface area contributed by atoms with E-state index in [4.69, 9.17) is 5.73 Å². The van der Waals surface area contributed by atoms with Crippen LogP contribution in [0.3, 0.4) is 0 Å². The monoisotopic (exact) mass is 262 g/mol. The van der Waals surface area contributed by atoms with Crippen LogP contribution in [0.15, 0.2) is 12.1 Å². The zero-order valence-electron chi connectivity index (χ0n) is 8.91. The second-order valence-electron chi connectivity index (χ2n) is 4.09. The van der Waals surface area contributed by atoms with Gasteiger partial charge in [-0.1, -0.05) is 0 Å². The molecule has 0 amide bonds. The number of sulfone groups is 1. The Bertz CT molecular complexity index is 545. The van der Waals surface area contributed by atoms with Crippen molar-refractivity contribution in [3.63, 3.8) is 0 Å². The maximum atomic E-state index is 13.1. The Hall–Kier alpha value is -1.37. The molecule has 1 unspecified atom stereocenters. The van der Waals surface area contributed by atoms with Crippen LogP contribution in [0.4, 0.5) is 20.2 Å². The van der Waals surface area contributed by atoms with Crippen LogP contribution in [0.25, 0.3) is 0 Å². The Labute approximate surface area is 97.7 Å². The summed E-state index contributed by atoms with van der Waals surface area (Å²) in [7, 11) is -3.04. The first-order valence-corrected chi connectivity index (χ1v) is 6.91. The number of hydrogen-bond donors (Lipinski definition) is 2. The summed E-state index contributed by atoms with van der Waals surface area (Å²) >= 11 is 0. The summed E-state index contributed by atoms with van der Waals surface area (Å²) in [5.41, 5.74) is 5.35. The van der Waals surface area contributed by atoms with E-state index in [0.29, 0.717) is 12.5 Å². The summed E-state index contributed by atoms with van der Waals surface area (Å²) in [5.74, 6) is -1.55. The average molecular weight is 262 g/mol. The SMILES string of the molecule is Nc1c(F)cc(F)cc1NC1CCS(=O)(=O)C1. The van der Waals surface area contributed by atoms with Crippen molar-refractivity contribution in [1.82, 2.24) is 0 Å². The summed E-state index contributed by atoms with van der Waals surface area (Å²) in [4.78, 5) is 0. The summed E-state index contributed by atoms with van der Waals surface area (Å²) < 4.78 is 48.6. The molecule has 1 saturated heterocycles. The van der Waals surface area contributed by atoms with Crippen molar-refractivity contribution in [3.8, 4) is 0 Å². The third-order valence-electron chi connectivity index (χ3n) is 2.69. The molecule has 1 aromatic rings. The number of hydrogen-bond acceptors (Lipinski definition) is 4. The van der Waals surface area contributed by atoms with E-state index in [2.05, 4.69) is 5.32 Å². The summed E-state index contributed by atoms with van der Waals surface area (Å²) in [6.07, 6.45) is 0.417. The van der Waals surface area contributed by atoms with Gasteiger partial charge in [-0.2, -0.15) is 0 Å². The molecule has 0 saturated carbocycles. The largest absolute Gasteiger partial charge is 0.395 e. The van der Waals surface area contributed by atoms with Crippen LogP contribution in [-0.4, -0.2) is 26.0 Å². The van der Waals surface area contributed by atoms with Crippen LogP contribution in [0.2, 0.25) is 0 Å². The molecule has 1 aliphatic heterocycles. The molecule has 94 valence electrons. The highest BCUT2D eigenvalue weighted by molar-refractivity contribution is 7.91. The van der Waals surface area contributed by atoms with Gasteiger partial charge in [-0.05, 0) is 12.5 Å². The Morgan fingerprint density at radius 1 is 1.35 bits per heavy atom. The van der Waals surface area contributed by atoms with Crippen LogP contribution in [0.1, 0.15) is 6.42 Å². The van der Waals surface area contributed by atoms with Gasteiger partial charge in [0.1, 0.15) is 5.82 Å². The molecule has 4 nitrogen and oxygen atoms in total. The highest BCUT2D eigenvalue weighted by Crippen LogP contribution is 2.26. The van der Waals surface area contributed by atoms with Gasteiger partial charge in [0, 0.05) is 12.1 Å².